The van der Waals surface area contributed by atoms with Crippen LogP contribution in [0.5, 0.6) is 0 Å². The van der Waals surface area contributed by atoms with Gasteiger partial charge in [-0.05, 0) is 39.0 Å². The molecule has 1 aromatic heterocycles. The van der Waals surface area contributed by atoms with E-state index in [1.54, 1.807) is 24.5 Å². The zero-order valence-corrected chi connectivity index (χ0v) is 16.8. The molecule has 1 aromatic carbocycles. The van der Waals surface area contributed by atoms with Gasteiger partial charge in [-0.1, -0.05) is 28.1 Å². The average Bonchev–Trinajstić information content (AvgIpc) is 2.52. The normalized spacial score (nSPS) is 13.2. The summed E-state index contributed by atoms with van der Waals surface area (Å²) in [5.41, 5.74) is 2.36. The van der Waals surface area contributed by atoms with Crippen LogP contribution in [0.15, 0.2) is 45.4 Å². The summed E-state index contributed by atoms with van der Waals surface area (Å²) in [7, 11) is -1.38. The van der Waals surface area contributed by atoms with E-state index < -0.39 is 15.7 Å². The van der Waals surface area contributed by atoms with Crippen LogP contribution in [-0.4, -0.2) is 25.3 Å². The fourth-order valence-corrected chi connectivity index (χ4v) is 3.09. The van der Waals surface area contributed by atoms with Gasteiger partial charge in [0, 0.05) is 28.0 Å². The van der Waals surface area contributed by atoms with Gasteiger partial charge in [-0.15, -0.1) is 12.6 Å². The summed E-state index contributed by atoms with van der Waals surface area (Å²) in [4.78, 5) is 16.1. The summed E-state index contributed by atoms with van der Waals surface area (Å²) >= 11 is 7.40. The van der Waals surface area contributed by atoms with E-state index in [-0.39, 0.29) is 5.12 Å². The van der Waals surface area contributed by atoms with E-state index >= 15 is 0 Å². The Morgan fingerprint density at radius 3 is 2.62 bits per heavy atom. The number of carbonyl (C=O) groups excluding carboxylic acids is 1. The molecule has 4 nitrogen and oxygen atoms in total. The van der Waals surface area contributed by atoms with Gasteiger partial charge in [0.2, 0.25) is 5.12 Å². The molecule has 1 atom stereocenters. The highest BCUT2D eigenvalue weighted by atomic mass is 79.9. The van der Waals surface area contributed by atoms with E-state index in [1.807, 2.05) is 39.0 Å². The van der Waals surface area contributed by atoms with Gasteiger partial charge in [-0.2, -0.15) is 4.40 Å². The maximum Gasteiger partial charge on any atom is 0.218 e. The van der Waals surface area contributed by atoms with E-state index in [9.17, 15) is 9.00 Å². The quantitative estimate of drug-likeness (QED) is 0.581. The number of halogens is 1. The minimum absolute atomic E-state index is 0.362. The molecule has 1 unspecified atom stereocenters. The number of aromatic nitrogens is 1. The smallest absolute Gasteiger partial charge is 0.218 e. The molecular weight excluding hydrogens is 408 g/mol. The van der Waals surface area contributed by atoms with Gasteiger partial charge in [0.25, 0.3) is 0 Å². The lowest BCUT2D eigenvalue weighted by molar-refractivity contribution is 0.109. The van der Waals surface area contributed by atoms with Crippen LogP contribution in [0, 0.1) is 0 Å². The Labute approximate surface area is 157 Å². The molecular formula is C17H17BrN2O2S2. The van der Waals surface area contributed by atoms with Gasteiger partial charge in [0.15, 0.2) is 0 Å². The molecule has 7 heteroatoms. The summed E-state index contributed by atoms with van der Waals surface area (Å²) in [5.74, 6) is 0. The van der Waals surface area contributed by atoms with Gasteiger partial charge in [-0.3, -0.25) is 9.78 Å². The monoisotopic (exact) mass is 424 g/mol. The average molecular weight is 425 g/mol. The van der Waals surface area contributed by atoms with Crippen molar-refractivity contribution in [2.75, 3.05) is 0 Å². The predicted octanol–water partition coefficient (Wildman–Crippen LogP) is 4.46. The Balaban J connectivity index is 2.59. The second kappa shape index (κ2) is 7.72. The van der Waals surface area contributed by atoms with Crippen molar-refractivity contribution in [2.45, 2.75) is 25.5 Å². The van der Waals surface area contributed by atoms with E-state index in [0.29, 0.717) is 16.8 Å². The Morgan fingerprint density at radius 1 is 1.29 bits per heavy atom. The number of benzene rings is 1. The van der Waals surface area contributed by atoms with Crippen molar-refractivity contribution in [3.63, 3.8) is 0 Å². The van der Waals surface area contributed by atoms with Gasteiger partial charge < -0.3 is 0 Å². The van der Waals surface area contributed by atoms with Crippen molar-refractivity contribution >= 4 is 50.9 Å². The minimum Gasteiger partial charge on any atom is -0.282 e. The molecule has 126 valence electrons. The molecule has 0 saturated carbocycles. The lowest BCUT2D eigenvalue weighted by Crippen LogP contribution is -2.19. The topological polar surface area (TPSA) is 59.4 Å². The predicted molar refractivity (Wildman–Crippen MR) is 106 cm³/mol. The molecule has 24 heavy (non-hydrogen) atoms. The molecule has 0 aliphatic rings. The number of rotatable bonds is 4. The number of hydrogen-bond donors (Lipinski definition) is 1. The SMILES string of the molecule is CC(C)(C)S(=O)/N=C/c1c(Br)cccc1-c1ncccc1C(=O)S. The van der Waals surface area contributed by atoms with Crippen LogP contribution in [0.1, 0.15) is 36.7 Å². The third-order valence-corrected chi connectivity index (χ3v) is 5.42. The van der Waals surface area contributed by atoms with Crippen molar-refractivity contribution in [3.8, 4) is 11.3 Å². The lowest BCUT2D eigenvalue weighted by atomic mass is 10.0. The van der Waals surface area contributed by atoms with Gasteiger partial charge in [0.05, 0.1) is 16.0 Å². The summed E-state index contributed by atoms with van der Waals surface area (Å²) < 4.78 is 16.7. The highest BCUT2D eigenvalue weighted by molar-refractivity contribution is 9.10. The molecule has 0 bridgehead atoms. The molecule has 0 radical (unpaired) electrons. The Kier molecular flexibility index (Phi) is 6.11. The third kappa shape index (κ3) is 4.40. The first-order chi connectivity index (χ1) is 11.2. The fraction of sp³-hybridized carbons (Fsp3) is 0.235. The van der Waals surface area contributed by atoms with Gasteiger partial charge >= 0.3 is 0 Å². The van der Waals surface area contributed by atoms with Crippen LogP contribution < -0.4 is 0 Å². The molecule has 0 fully saturated rings. The standard InChI is InChI=1S/C17H17BrN2O2S2/c1-17(2,3)24(22)20-10-13-11(6-4-8-14(13)18)15-12(16(21)23)7-5-9-19-15/h4-10H,1-3H3,(H,21,23)/b20-10+. The second-order valence-electron chi connectivity index (χ2n) is 6.00. The summed E-state index contributed by atoms with van der Waals surface area (Å²) in [6, 6.07) is 8.91. The molecule has 1 heterocycles. The first-order valence-corrected chi connectivity index (χ1v) is 9.50. The number of pyridine rings is 1. The molecule has 0 aliphatic carbocycles. The van der Waals surface area contributed by atoms with Crippen molar-refractivity contribution in [1.82, 2.24) is 4.98 Å². The van der Waals surface area contributed by atoms with Crippen LogP contribution in [-0.2, 0) is 11.0 Å². The van der Waals surface area contributed by atoms with Gasteiger partial charge in [0.1, 0.15) is 11.0 Å². The van der Waals surface area contributed by atoms with Crippen molar-refractivity contribution in [1.29, 1.82) is 0 Å². The van der Waals surface area contributed by atoms with Gasteiger partial charge in [-0.25, -0.2) is 4.21 Å². The first kappa shape index (κ1) is 19.0. The highest BCUT2D eigenvalue weighted by Gasteiger charge is 2.19. The molecule has 0 aliphatic heterocycles. The highest BCUT2D eigenvalue weighted by Crippen LogP contribution is 2.30. The minimum atomic E-state index is -1.38. The van der Waals surface area contributed by atoms with E-state index in [2.05, 4.69) is 37.9 Å². The summed E-state index contributed by atoms with van der Waals surface area (Å²) in [5, 5.41) is -0.362. The summed E-state index contributed by atoms with van der Waals surface area (Å²) in [6.07, 6.45) is 3.17. The molecule has 2 aromatic rings. The van der Waals surface area contributed by atoms with E-state index in [0.717, 1.165) is 10.0 Å². The van der Waals surface area contributed by atoms with Crippen LogP contribution in [0.4, 0.5) is 0 Å². The number of hydrogen-bond acceptors (Lipinski definition) is 3. The maximum atomic E-state index is 12.2. The number of carbonyl (C=O) groups is 1. The number of nitrogens with zero attached hydrogens (tertiary/aromatic N) is 2. The lowest BCUT2D eigenvalue weighted by Gasteiger charge is -2.14. The number of thiol groups is 1. The Bertz CT molecular complexity index is 830. The zero-order valence-electron chi connectivity index (χ0n) is 13.5. The second-order valence-corrected chi connectivity index (χ2v) is 9.20. The van der Waals surface area contributed by atoms with Crippen molar-refractivity contribution in [2.24, 2.45) is 4.40 Å². The third-order valence-electron chi connectivity index (χ3n) is 3.15. The van der Waals surface area contributed by atoms with Crippen molar-refractivity contribution < 1.29 is 9.00 Å². The molecule has 0 saturated heterocycles. The van der Waals surface area contributed by atoms with Crippen LogP contribution in [0.3, 0.4) is 0 Å². The fourth-order valence-electron chi connectivity index (χ4n) is 1.93. The van der Waals surface area contributed by atoms with E-state index in [1.165, 1.54) is 0 Å². The molecule has 0 amide bonds. The van der Waals surface area contributed by atoms with Crippen LogP contribution in [0.2, 0.25) is 0 Å². The van der Waals surface area contributed by atoms with E-state index in [4.69, 9.17) is 0 Å². The largest absolute Gasteiger partial charge is 0.282 e. The molecule has 2 rings (SSSR count). The Morgan fingerprint density at radius 2 is 2.00 bits per heavy atom. The van der Waals surface area contributed by atoms with Crippen molar-refractivity contribution in [3.05, 3.63) is 52.1 Å². The molecule has 0 N–H and O–H groups in total. The molecule has 0 spiro atoms. The summed E-state index contributed by atoms with van der Waals surface area (Å²) in [6.45, 7) is 5.58. The van der Waals surface area contributed by atoms with Crippen LogP contribution >= 0.6 is 28.6 Å². The van der Waals surface area contributed by atoms with Crippen LogP contribution in [0.25, 0.3) is 11.3 Å². The first-order valence-electron chi connectivity index (χ1n) is 7.15. The Hall–Kier alpha value is -1.31. The zero-order chi connectivity index (χ0) is 17.9. The maximum absolute atomic E-state index is 12.2.